The fraction of sp³-hybridized carbons (Fsp3) is 0.846. The highest BCUT2D eigenvalue weighted by Crippen LogP contribution is 2.48. The molecule has 5 nitrogen and oxygen atoms in total. The molecule has 1 heterocycles. The summed E-state index contributed by atoms with van der Waals surface area (Å²) in [6.45, 7) is 5.01. The van der Waals surface area contributed by atoms with E-state index in [0.717, 1.165) is 0 Å². The van der Waals surface area contributed by atoms with E-state index >= 15 is 0 Å². The van der Waals surface area contributed by atoms with Crippen LogP contribution in [-0.2, 0) is 19.1 Å². The van der Waals surface area contributed by atoms with E-state index in [-0.39, 0.29) is 23.9 Å². The second-order valence-corrected chi connectivity index (χ2v) is 5.37. The van der Waals surface area contributed by atoms with E-state index in [1.807, 2.05) is 6.92 Å². The molecule has 0 aromatic carbocycles. The molecular weight excluding hydrogens is 234 g/mol. The molecule has 0 radical (unpaired) electrons. The van der Waals surface area contributed by atoms with Crippen LogP contribution in [0, 0.1) is 5.41 Å². The van der Waals surface area contributed by atoms with Gasteiger partial charge < -0.3 is 14.4 Å². The minimum Gasteiger partial charge on any atom is -0.382 e. The van der Waals surface area contributed by atoms with Crippen molar-refractivity contribution in [2.24, 2.45) is 5.41 Å². The second-order valence-electron chi connectivity index (χ2n) is 5.37. The van der Waals surface area contributed by atoms with Gasteiger partial charge in [0.05, 0.1) is 18.8 Å². The zero-order valence-corrected chi connectivity index (χ0v) is 11.3. The highest BCUT2D eigenvalue weighted by atomic mass is 16.5. The van der Waals surface area contributed by atoms with Crippen LogP contribution in [0.4, 0.5) is 0 Å². The van der Waals surface area contributed by atoms with Crippen molar-refractivity contribution in [2.75, 3.05) is 26.8 Å². The first kappa shape index (κ1) is 13.5. The number of morpholine rings is 1. The quantitative estimate of drug-likeness (QED) is 0.691. The fourth-order valence-electron chi connectivity index (χ4n) is 2.63. The number of methoxy groups -OCH3 is 1. The van der Waals surface area contributed by atoms with Crippen LogP contribution in [0.1, 0.15) is 26.7 Å². The van der Waals surface area contributed by atoms with E-state index in [4.69, 9.17) is 9.47 Å². The van der Waals surface area contributed by atoms with Crippen LogP contribution in [0.2, 0.25) is 0 Å². The van der Waals surface area contributed by atoms with Gasteiger partial charge in [-0.25, -0.2) is 0 Å². The highest BCUT2D eigenvalue weighted by molar-refractivity contribution is 6.07. The molecule has 2 fully saturated rings. The van der Waals surface area contributed by atoms with Crippen LogP contribution < -0.4 is 0 Å². The maximum atomic E-state index is 12.4. The van der Waals surface area contributed by atoms with E-state index < -0.39 is 5.41 Å². The van der Waals surface area contributed by atoms with Gasteiger partial charge in [-0.05, 0) is 26.7 Å². The molecule has 1 aliphatic heterocycles. The number of nitrogens with zero attached hydrogens (tertiary/aromatic N) is 1. The molecule has 0 N–H and O–H groups in total. The van der Waals surface area contributed by atoms with Crippen LogP contribution in [0.5, 0.6) is 0 Å². The van der Waals surface area contributed by atoms with Crippen molar-refractivity contribution in [1.29, 1.82) is 0 Å². The number of ketones is 1. The van der Waals surface area contributed by atoms with Gasteiger partial charge in [0.1, 0.15) is 11.2 Å². The summed E-state index contributed by atoms with van der Waals surface area (Å²) < 4.78 is 10.8. The van der Waals surface area contributed by atoms with Crippen molar-refractivity contribution in [3.63, 3.8) is 0 Å². The third-order valence-corrected chi connectivity index (χ3v) is 3.80. The molecule has 1 aliphatic carbocycles. The van der Waals surface area contributed by atoms with Crippen molar-refractivity contribution in [1.82, 2.24) is 4.90 Å². The van der Waals surface area contributed by atoms with Gasteiger partial charge in [-0.2, -0.15) is 0 Å². The lowest BCUT2D eigenvalue weighted by Gasteiger charge is -2.38. The highest BCUT2D eigenvalue weighted by Gasteiger charge is 2.56. The average Bonchev–Trinajstić information content (AvgIpc) is 3.08. The SMILES string of the molecule is COCC1CN(C(=O)C2(C(C)=O)CC2)CC(C)O1. The number of hydrogen-bond donors (Lipinski definition) is 0. The largest absolute Gasteiger partial charge is 0.382 e. The molecule has 0 spiro atoms. The summed E-state index contributed by atoms with van der Waals surface area (Å²) in [7, 11) is 1.62. The zero-order chi connectivity index (χ0) is 13.3. The van der Waals surface area contributed by atoms with Crippen molar-refractivity contribution in [3.05, 3.63) is 0 Å². The summed E-state index contributed by atoms with van der Waals surface area (Å²) in [5.74, 6) is -0.0267. The zero-order valence-electron chi connectivity index (χ0n) is 11.3. The van der Waals surface area contributed by atoms with Crippen LogP contribution in [0.15, 0.2) is 0 Å². The predicted octanol–water partition coefficient (Wildman–Crippen LogP) is 0.618. The molecule has 2 unspecified atom stereocenters. The lowest BCUT2D eigenvalue weighted by atomic mass is 9.99. The maximum Gasteiger partial charge on any atom is 0.236 e. The van der Waals surface area contributed by atoms with Gasteiger partial charge >= 0.3 is 0 Å². The lowest BCUT2D eigenvalue weighted by molar-refractivity contribution is -0.156. The van der Waals surface area contributed by atoms with Gasteiger partial charge in [-0.1, -0.05) is 0 Å². The van der Waals surface area contributed by atoms with Crippen molar-refractivity contribution in [3.8, 4) is 0 Å². The second kappa shape index (κ2) is 4.97. The molecule has 1 amide bonds. The van der Waals surface area contributed by atoms with Crippen LogP contribution >= 0.6 is 0 Å². The summed E-state index contributed by atoms with van der Waals surface area (Å²) in [6.07, 6.45) is 1.29. The molecule has 2 aliphatic rings. The molecule has 102 valence electrons. The molecule has 1 saturated heterocycles. The summed E-state index contributed by atoms with van der Waals surface area (Å²) >= 11 is 0. The fourth-order valence-corrected chi connectivity index (χ4v) is 2.63. The smallest absolute Gasteiger partial charge is 0.236 e. The van der Waals surface area contributed by atoms with Crippen molar-refractivity contribution < 1.29 is 19.1 Å². The third kappa shape index (κ3) is 2.42. The molecule has 0 bridgehead atoms. The topological polar surface area (TPSA) is 55.8 Å². The molecular formula is C13H21NO4. The van der Waals surface area contributed by atoms with Gasteiger partial charge in [-0.3, -0.25) is 9.59 Å². The van der Waals surface area contributed by atoms with E-state index in [9.17, 15) is 9.59 Å². The number of carbonyl (C=O) groups excluding carboxylic acids is 2. The predicted molar refractivity (Wildman–Crippen MR) is 65.1 cm³/mol. The Hall–Kier alpha value is -0.940. The number of Topliss-reactive ketones (excluding diaryl/α,β-unsaturated/α-hetero) is 1. The van der Waals surface area contributed by atoms with Crippen molar-refractivity contribution in [2.45, 2.75) is 38.9 Å². The monoisotopic (exact) mass is 255 g/mol. The van der Waals surface area contributed by atoms with Gasteiger partial charge in [-0.15, -0.1) is 0 Å². The number of ether oxygens (including phenoxy) is 2. The van der Waals surface area contributed by atoms with Crippen molar-refractivity contribution >= 4 is 11.7 Å². The first-order valence-corrected chi connectivity index (χ1v) is 6.44. The van der Waals surface area contributed by atoms with Crippen LogP contribution in [0.25, 0.3) is 0 Å². The maximum absolute atomic E-state index is 12.4. The molecule has 0 aromatic rings. The molecule has 0 aromatic heterocycles. The number of hydrogen-bond acceptors (Lipinski definition) is 4. The molecule has 18 heavy (non-hydrogen) atoms. The number of amides is 1. The van der Waals surface area contributed by atoms with E-state index in [1.165, 1.54) is 6.92 Å². The van der Waals surface area contributed by atoms with Gasteiger partial charge in [0.2, 0.25) is 5.91 Å². The standard InChI is InChI=1S/C13H21NO4/c1-9-6-14(7-11(18-9)8-17-3)12(16)13(4-5-13)10(2)15/h9,11H,4-8H2,1-3H3. The molecule has 2 atom stereocenters. The Labute approximate surface area is 107 Å². The Kier molecular flexibility index (Phi) is 3.73. The van der Waals surface area contributed by atoms with Gasteiger partial charge in [0.15, 0.2) is 0 Å². The van der Waals surface area contributed by atoms with Crippen LogP contribution in [0.3, 0.4) is 0 Å². The summed E-state index contributed by atoms with van der Waals surface area (Å²) in [5.41, 5.74) is -0.714. The Bertz CT molecular complexity index is 351. The molecule has 5 heteroatoms. The third-order valence-electron chi connectivity index (χ3n) is 3.80. The summed E-state index contributed by atoms with van der Waals surface area (Å²) in [4.78, 5) is 25.8. The first-order valence-electron chi connectivity index (χ1n) is 6.44. The Morgan fingerprint density at radius 2 is 2.06 bits per heavy atom. The number of rotatable bonds is 4. The number of carbonyl (C=O) groups is 2. The molecule has 2 rings (SSSR count). The van der Waals surface area contributed by atoms with E-state index in [1.54, 1.807) is 12.0 Å². The average molecular weight is 255 g/mol. The lowest BCUT2D eigenvalue weighted by Crippen LogP contribution is -2.53. The summed E-state index contributed by atoms with van der Waals surface area (Å²) in [5, 5.41) is 0. The normalized spacial score (nSPS) is 30.1. The Morgan fingerprint density at radius 1 is 1.39 bits per heavy atom. The minimum atomic E-state index is -0.714. The Morgan fingerprint density at radius 3 is 2.56 bits per heavy atom. The summed E-state index contributed by atoms with van der Waals surface area (Å²) in [6, 6.07) is 0. The van der Waals surface area contributed by atoms with Crippen LogP contribution in [-0.4, -0.2) is 55.6 Å². The van der Waals surface area contributed by atoms with Gasteiger partial charge in [0.25, 0.3) is 0 Å². The first-order chi connectivity index (χ1) is 8.49. The Balaban J connectivity index is 2.04. The van der Waals surface area contributed by atoms with E-state index in [0.29, 0.717) is 32.5 Å². The van der Waals surface area contributed by atoms with Gasteiger partial charge in [0, 0.05) is 20.2 Å². The minimum absolute atomic E-state index is 0.00469. The molecule has 1 saturated carbocycles. The van der Waals surface area contributed by atoms with E-state index in [2.05, 4.69) is 0 Å².